The summed E-state index contributed by atoms with van der Waals surface area (Å²) in [4.78, 5) is 6.64. The molecular weight excluding hydrogens is 475 g/mol. The Bertz CT molecular complexity index is 1030. The first-order chi connectivity index (χ1) is 19.4. The van der Waals surface area contributed by atoms with E-state index in [1.165, 1.54) is 77.5 Å². The SMILES string of the molecule is c1ccc(C2CC3C4B(C5CCCC6C7CNCCC7N3C56)C3CCCC5C6CCNCC6N(C4C2)C35)cc1. The van der Waals surface area contributed by atoms with Crippen LogP contribution in [0.1, 0.15) is 75.7 Å². The van der Waals surface area contributed by atoms with Crippen LogP contribution in [0.3, 0.4) is 0 Å². The monoisotopic (exact) mass is 524 g/mol. The van der Waals surface area contributed by atoms with Gasteiger partial charge in [0.25, 0.3) is 0 Å². The highest BCUT2D eigenvalue weighted by Crippen LogP contribution is 2.68. The summed E-state index contributed by atoms with van der Waals surface area (Å²) in [5.74, 6) is 7.54. The fourth-order valence-electron chi connectivity index (χ4n) is 14.2. The van der Waals surface area contributed by atoms with Crippen molar-refractivity contribution in [1.82, 2.24) is 20.4 Å². The Morgan fingerprint density at radius 1 is 0.615 bits per heavy atom. The zero-order valence-corrected chi connectivity index (χ0v) is 23.8. The molecule has 0 aromatic heterocycles. The highest BCUT2D eigenvalue weighted by molar-refractivity contribution is 6.65. The zero-order valence-electron chi connectivity index (χ0n) is 23.8. The maximum absolute atomic E-state index is 3.91. The van der Waals surface area contributed by atoms with Gasteiger partial charge in [-0.3, -0.25) is 9.80 Å². The van der Waals surface area contributed by atoms with E-state index in [1.54, 1.807) is 18.4 Å². The van der Waals surface area contributed by atoms with Gasteiger partial charge in [-0.15, -0.1) is 0 Å². The first kappa shape index (κ1) is 23.7. The molecule has 10 rings (SSSR count). The van der Waals surface area contributed by atoms with Crippen molar-refractivity contribution in [3.05, 3.63) is 35.9 Å². The van der Waals surface area contributed by atoms with E-state index in [1.807, 2.05) is 0 Å². The van der Waals surface area contributed by atoms with Crippen molar-refractivity contribution in [3.8, 4) is 0 Å². The Balaban J connectivity index is 1.14. The van der Waals surface area contributed by atoms with Crippen molar-refractivity contribution in [1.29, 1.82) is 0 Å². The molecule has 1 aromatic rings. The van der Waals surface area contributed by atoms with Gasteiger partial charge in [-0.05, 0) is 111 Å². The van der Waals surface area contributed by atoms with Crippen LogP contribution in [0.25, 0.3) is 0 Å². The Hall–Kier alpha value is -0.875. The molecule has 0 amide bonds. The predicted octanol–water partition coefficient (Wildman–Crippen LogP) is 4.86. The molecule has 1 aromatic carbocycles. The maximum Gasteiger partial charge on any atom is 0.156 e. The number of rotatable bonds is 1. The Kier molecular flexibility index (Phi) is 5.35. The molecule has 6 aliphatic heterocycles. The zero-order chi connectivity index (χ0) is 25.2. The summed E-state index contributed by atoms with van der Waals surface area (Å²) >= 11 is 0. The summed E-state index contributed by atoms with van der Waals surface area (Å²) in [7, 11) is 0. The molecule has 9 aliphatic rings. The largest absolute Gasteiger partial charge is 0.316 e. The van der Waals surface area contributed by atoms with Gasteiger partial charge in [-0.1, -0.05) is 56.0 Å². The van der Waals surface area contributed by atoms with Gasteiger partial charge in [0.15, 0.2) is 6.71 Å². The number of hydrogen-bond acceptors (Lipinski definition) is 4. The lowest BCUT2D eigenvalue weighted by molar-refractivity contribution is -0.0234. The summed E-state index contributed by atoms with van der Waals surface area (Å²) in [6.07, 6.45) is 14.9. The summed E-state index contributed by atoms with van der Waals surface area (Å²) in [5, 5.41) is 7.79. The predicted molar refractivity (Wildman–Crippen MR) is 158 cm³/mol. The van der Waals surface area contributed by atoms with E-state index in [-0.39, 0.29) is 0 Å². The number of fused-ring (bicyclic) bond motifs is 10. The summed E-state index contributed by atoms with van der Waals surface area (Å²) in [6, 6.07) is 17.0. The van der Waals surface area contributed by atoms with Gasteiger partial charge in [-0.25, -0.2) is 0 Å². The molecule has 6 saturated heterocycles. The van der Waals surface area contributed by atoms with Gasteiger partial charge < -0.3 is 10.6 Å². The van der Waals surface area contributed by atoms with E-state index in [0.29, 0.717) is 0 Å². The lowest BCUT2D eigenvalue weighted by atomic mass is 9.18. The van der Waals surface area contributed by atoms with Crippen LogP contribution in [0.4, 0.5) is 0 Å². The van der Waals surface area contributed by atoms with Gasteiger partial charge in [0.2, 0.25) is 0 Å². The smallest absolute Gasteiger partial charge is 0.156 e. The molecule has 0 radical (unpaired) electrons. The van der Waals surface area contributed by atoms with Gasteiger partial charge in [0, 0.05) is 42.8 Å². The van der Waals surface area contributed by atoms with Crippen LogP contribution in [0, 0.1) is 23.7 Å². The van der Waals surface area contributed by atoms with Crippen molar-refractivity contribution in [3.63, 3.8) is 0 Å². The first-order valence-electron chi connectivity index (χ1n) is 17.4. The number of nitrogens with zero attached hydrogens (tertiary/aromatic N) is 2. The number of nitrogens with one attached hydrogen (secondary N) is 2. The molecule has 39 heavy (non-hydrogen) atoms. The number of hydrogen-bond donors (Lipinski definition) is 2. The minimum Gasteiger partial charge on any atom is -0.316 e. The van der Waals surface area contributed by atoms with Crippen LogP contribution in [0.2, 0.25) is 17.5 Å². The van der Waals surface area contributed by atoms with Gasteiger partial charge in [-0.2, -0.15) is 0 Å². The molecule has 0 bridgehead atoms. The third kappa shape index (κ3) is 3.12. The molecule has 208 valence electrons. The molecule has 14 atom stereocenters. The topological polar surface area (TPSA) is 30.5 Å². The van der Waals surface area contributed by atoms with Crippen LogP contribution >= 0.6 is 0 Å². The first-order valence-corrected chi connectivity index (χ1v) is 17.4. The van der Waals surface area contributed by atoms with Gasteiger partial charge in [0.05, 0.1) is 0 Å². The van der Waals surface area contributed by atoms with Crippen LogP contribution in [-0.4, -0.2) is 78.9 Å². The van der Waals surface area contributed by atoms with E-state index in [0.717, 1.165) is 90.0 Å². The summed E-state index contributed by atoms with van der Waals surface area (Å²) in [6.45, 7) is 6.12. The summed E-state index contributed by atoms with van der Waals surface area (Å²) in [5.41, 5.74) is 1.65. The molecule has 9 fully saturated rings. The fraction of sp³-hybridized carbons (Fsp3) is 0.824. The minimum atomic E-state index is 0.742. The fourth-order valence-corrected chi connectivity index (χ4v) is 14.2. The standard InChI is InChI=1S/C34H49BN4/c1-2-6-20(7-3-1)21-16-29-32-30(17-21)39-31-19-37-14-12-22(31)23-8-4-10-26(33(23)39)35(32)27-11-5-9-24-25-18-36-15-13-28(25)38(29)34(24)27/h1-3,6-7,21-34,36-37H,4-5,8-19H2. The molecule has 5 heteroatoms. The van der Waals surface area contributed by atoms with Crippen molar-refractivity contribution < 1.29 is 0 Å². The molecule has 4 nitrogen and oxygen atoms in total. The quantitative estimate of drug-likeness (QED) is 0.514. The second kappa shape index (κ2) is 8.82. The van der Waals surface area contributed by atoms with E-state index in [4.69, 9.17) is 0 Å². The van der Waals surface area contributed by atoms with Crippen LogP contribution in [-0.2, 0) is 0 Å². The molecule has 14 unspecified atom stereocenters. The van der Waals surface area contributed by atoms with Crippen LogP contribution < -0.4 is 10.6 Å². The third-order valence-electron chi connectivity index (χ3n) is 14.9. The molecule has 3 aliphatic carbocycles. The second-order valence-electron chi connectivity index (χ2n) is 15.7. The normalized spacial score (nSPS) is 53.8. The van der Waals surface area contributed by atoms with E-state index < -0.39 is 0 Å². The summed E-state index contributed by atoms with van der Waals surface area (Å²) < 4.78 is 0. The average molecular weight is 525 g/mol. The Morgan fingerprint density at radius 3 is 2.05 bits per heavy atom. The molecule has 0 spiro atoms. The van der Waals surface area contributed by atoms with E-state index >= 15 is 0 Å². The van der Waals surface area contributed by atoms with Gasteiger partial charge in [0.1, 0.15) is 0 Å². The number of piperidine rings is 2. The van der Waals surface area contributed by atoms with E-state index in [2.05, 4.69) is 50.8 Å². The lowest BCUT2D eigenvalue weighted by Gasteiger charge is -2.67. The van der Waals surface area contributed by atoms with Crippen molar-refractivity contribution in [2.75, 3.05) is 26.2 Å². The van der Waals surface area contributed by atoms with Crippen molar-refractivity contribution in [2.45, 2.75) is 124 Å². The average Bonchev–Trinajstić information content (AvgIpc) is 3.52. The van der Waals surface area contributed by atoms with Crippen molar-refractivity contribution in [2.24, 2.45) is 23.7 Å². The third-order valence-corrected chi connectivity index (χ3v) is 14.9. The molecule has 3 saturated carbocycles. The maximum atomic E-state index is 3.91. The van der Waals surface area contributed by atoms with Gasteiger partial charge >= 0.3 is 0 Å². The highest BCUT2D eigenvalue weighted by Gasteiger charge is 2.71. The van der Waals surface area contributed by atoms with E-state index in [9.17, 15) is 0 Å². The second-order valence-corrected chi connectivity index (χ2v) is 15.7. The molecule has 6 heterocycles. The molecule has 2 N–H and O–H groups in total. The Morgan fingerprint density at radius 2 is 1.28 bits per heavy atom. The van der Waals surface area contributed by atoms with Crippen LogP contribution in [0.5, 0.6) is 0 Å². The lowest BCUT2D eigenvalue weighted by Crippen LogP contribution is -2.72. The van der Waals surface area contributed by atoms with Crippen molar-refractivity contribution >= 4 is 6.71 Å². The minimum absolute atomic E-state index is 0.742. The molecular formula is C34H49BN4. The number of benzene rings is 1. The highest BCUT2D eigenvalue weighted by atomic mass is 15.3. The Labute approximate surface area is 236 Å². The van der Waals surface area contributed by atoms with Crippen LogP contribution in [0.15, 0.2) is 30.3 Å².